The first-order valence-corrected chi connectivity index (χ1v) is 9.80. The third kappa shape index (κ3) is 3.91. The number of ether oxygens (including phenoxy) is 1. The van der Waals surface area contributed by atoms with E-state index in [4.69, 9.17) is 4.74 Å². The van der Waals surface area contributed by atoms with Crippen LogP contribution < -0.4 is 10.6 Å². The lowest BCUT2D eigenvalue weighted by Gasteiger charge is -2.40. The second-order valence-electron chi connectivity index (χ2n) is 7.91. The van der Waals surface area contributed by atoms with Crippen molar-refractivity contribution in [3.63, 3.8) is 0 Å². The highest BCUT2D eigenvalue weighted by Gasteiger charge is 2.42. The van der Waals surface area contributed by atoms with Crippen LogP contribution in [0.1, 0.15) is 39.5 Å². The first kappa shape index (κ1) is 18.2. The van der Waals surface area contributed by atoms with Gasteiger partial charge in [-0.2, -0.15) is 0 Å². The van der Waals surface area contributed by atoms with E-state index in [2.05, 4.69) is 39.6 Å². The minimum Gasteiger partial charge on any atom is -0.370 e. The summed E-state index contributed by atoms with van der Waals surface area (Å²) in [6.45, 7) is 7.22. The Kier molecular flexibility index (Phi) is 5.01. The number of carbonyl (C=O) groups is 1. The Bertz CT molecular complexity index is 796. The maximum absolute atomic E-state index is 12.3. The Balaban J connectivity index is 1.26. The van der Waals surface area contributed by atoms with Gasteiger partial charge in [0.25, 0.3) is 0 Å². The second kappa shape index (κ2) is 7.44. The quantitative estimate of drug-likeness (QED) is 0.860. The molecule has 8 heteroatoms. The van der Waals surface area contributed by atoms with E-state index in [1.54, 1.807) is 10.7 Å². The van der Waals surface area contributed by atoms with Crippen molar-refractivity contribution in [1.29, 1.82) is 0 Å². The Hall–Kier alpha value is -2.19. The molecule has 1 spiro atoms. The molecule has 0 bridgehead atoms. The number of aromatic nitrogens is 3. The van der Waals surface area contributed by atoms with E-state index in [9.17, 15) is 4.79 Å². The molecule has 2 aromatic rings. The highest BCUT2D eigenvalue weighted by atomic mass is 16.5. The molecule has 0 aliphatic carbocycles. The van der Waals surface area contributed by atoms with Gasteiger partial charge in [0.15, 0.2) is 5.65 Å². The van der Waals surface area contributed by atoms with Crippen LogP contribution in [0.5, 0.6) is 0 Å². The first-order chi connectivity index (χ1) is 13.0. The molecule has 2 fully saturated rings. The zero-order chi connectivity index (χ0) is 18.9. The predicted octanol–water partition coefficient (Wildman–Crippen LogP) is 2.27. The Morgan fingerprint density at radius 1 is 1.37 bits per heavy atom. The van der Waals surface area contributed by atoms with Crippen molar-refractivity contribution in [3.05, 3.63) is 24.7 Å². The van der Waals surface area contributed by atoms with Gasteiger partial charge in [0, 0.05) is 31.9 Å². The number of fused-ring (bicyclic) bond motifs is 1. The maximum Gasteiger partial charge on any atom is 0.319 e. The number of anilines is 1. The molecule has 27 heavy (non-hydrogen) atoms. The molecule has 0 radical (unpaired) electrons. The van der Waals surface area contributed by atoms with Crippen LogP contribution in [0.2, 0.25) is 0 Å². The average Bonchev–Trinajstić information content (AvgIpc) is 3.28. The molecule has 146 valence electrons. The van der Waals surface area contributed by atoms with Gasteiger partial charge in [0.2, 0.25) is 0 Å². The summed E-state index contributed by atoms with van der Waals surface area (Å²) < 4.78 is 8.15. The van der Waals surface area contributed by atoms with Gasteiger partial charge in [0.05, 0.1) is 17.4 Å². The topological polar surface area (TPSA) is 83.8 Å². The van der Waals surface area contributed by atoms with Gasteiger partial charge in [-0.1, -0.05) is 0 Å². The lowest BCUT2D eigenvalue weighted by molar-refractivity contribution is -0.0786. The summed E-state index contributed by atoms with van der Waals surface area (Å²) in [5.41, 5.74) is 1.28. The lowest BCUT2D eigenvalue weighted by atomic mass is 9.88. The number of hydrogen-bond acceptors (Lipinski definition) is 5. The summed E-state index contributed by atoms with van der Waals surface area (Å²) >= 11 is 0. The van der Waals surface area contributed by atoms with E-state index in [0.29, 0.717) is 23.9 Å². The van der Waals surface area contributed by atoms with Crippen LogP contribution in [0.4, 0.5) is 10.5 Å². The van der Waals surface area contributed by atoms with E-state index in [1.807, 2.05) is 18.3 Å². The molecule has 2 aliphatic heterocycles. The van der Waals surface area contributed by atoms with Crippen LogP contribution in [0.15, 0.2) is 24.7 Å². The fraction of sp³-hybridized carbons (Fsp3) is 0.632. The summed E-state index contributed by atoms with van der Waals surface area (Å²) in [5.74, 6) is 0. The summed E-state index contributed by atoms with van der Waals surface area (Å²) in [5, 5.41) is 13.7. The van der Waals surface area contributed by atoms with Gasteiger partial charge in [-0.25, -0.2) is 4.79 Å². The Labute approximate surface area is 159 Å². The fourth-order valence-electron chi connectivity index (χ4n) is 4.18. The highest BCUT2D eigenvalue weighted by molar-refractivity contribution is 5.92. The maximum atomic E-state index is 12.3. The van der Waals surface area contributed by atoms with Crippen LogP contribution in [0, 0.1) is 0 Å². The number of rotatable bonds is 4. The number of piperidine rings is 1. The van der Waals surface area contributed by atoms with Crippen molar-refractivity contribution in [2.75, 3.05) is 25.0 Å². The number of pyridine rings is 1. The summed E-state index contributed by atoms with van der Waals surface area (Å²) in [6.07, 6.45) is 7.80. The summed E-state index contributed by atoms with van der Waals surface area (Å²) in [4.78, 5) is 14.8. The van der Waals surface area contributed by atoms with E-state index in [-0.39, 0.29) is 17.7 Å². The van der Waals surface area contributed by atoms with Crippen LogP contribution >= 0.6 is 0 Å². The van der Waals surface area contributed by atoms with E-state index in [0.717, 1.165) is 38.8 Å². The number of nitrogens with zero attached hydrogens (tertiary/aromatic N) is 4. The smallest absolute Gasteiger partial charge is 0.319 e. The molecule has 2 amide bonds. The summed E-state index contributed by atoms with van der Waals surface area (Å²) in [6, 6.07) is 4.01. The zero-order valence-electron chi connectivity index (χ0n) is 16.0. The van der Waals surface area contributed by atoms with Crippen LogP contribution in [0.25, 0.3) is 5.65 Å². The molecule has 1 atom stereocenters. The highest BCUT2D eigenvalue weighted by Crippen LogP contribution is 2.39. The number of carbonyl (C=O) groups excluding carboxylic acids is 1. The van der Waals surface area contributed by atoms with E-state index >= 15 is 0 Å². The molecule has 2 aromatic heterocycles. The molecule has 2 saturated heterocycles. The first-order valence-electron chi connectivity index (χ1n) is 9.80. The zero-order valence-corrected chi connectivity index (χ0v) is 16.0. The van der Waals surface area contributed by atoms with Gasteiger partial charge in [-0.05, 0) is 51.7 Å². The third-order valence-corrected chi connectivity index (χ3v) is 5.84. The van der Waals surface area contributed by atoms with Crippen LogP contribution in [-0.2, 0) is 4.74 Å². The molecule has 8 nitrogen and oxygen atoms in total. The van der Waals surface area contributed by atoms with Gasteiger partial charge >= 0.3 is 6.03 Å². The molecular weight excluding hydrogens is 344 g/mol. The fourth-order valence-corrected chi connectivity index (χ4v) is 4.18. The van der Waals surface area contributed by atoms with Crippen molar-refractivity contribution >= 4 is 17.4 Å². The van der Waals surface area contributed by atoms with Crippen molar-refractivity contribution in [2.45, 2.75) is 57.3 Å². The van der Waals surface area contributed by atoms with Gasteiger partial charge in [-0.15, -0.1) is 10.2 Å². The molecule has 4 rings (SSSR count). The van der Waals surface area contributed by atoms with Crippen molar-refractivity contribution in [2.24, 2.45) is 0 Å². The Morgan fingerprint density at radius 2 is 2.19 bits per heavy atom. The molecule has 0 saturated carbocycles. The standard InChI is InChI=1S/C19H28N6O2/c1-14(2)24-10-7-19(8-11-24)6-5-15(27-19)12-20-18(26)22-16-4-3-9-25-13-21-23-17(16)25/h3-4,9,13-15H,5-8,10-12H2,1-2H3,(H2,20,22,26). The largest absolute Gasteiger partial charge is 0.370 e. The average molecular weight is 372 g/mol. The molecule has 1 unspecified atom stereocenters. The molecule has 2 aliphatic rings. The normalized spacial score (nSPS) is 22.6. The molecule has 2 N–H and O–H groups in total. The number of nitrogens with one attached hydrogen (secondary N) is 2. The Morgan fingerprint density at radius 3 is 2.96 bits per heavy atom. The van der Waals surface area contributed by atoms with Crippen LogP contribution in [0.3, 0.4) is 0 Å². The van der Waals surface area contributed by atoms with E-state index in [1.165, 1.54) is 0 Å². The minimum absolute atomic E-state index is 0.0152. The number of urea groups is 1. The third-order valence-electron chi connectivity index (χ3n) is 5.84. The SMILES string of the molecule is CC(C)N1CCC2(CCC(CNC(=O)Nc3cccn4cnnc34)O2)CC1. The van der Waals surface area contributed by atoms with Crippen molar-refractivity contribution < 1.29 is 9.53 Å². The van der Waals surface area contributed by atoms with Gasteiger partial charge < -0.3 is 20.3 Å². The minimum atomic E-state index is -0.245. The molecule has 4 heterocycles. The number of hydrogen-bond donors (Lipinski definition) is 2. The summed E-state index contributed by atoms with van der Waals surface area (Å²) in [7, 11) is 0. The monoisotopic (exact) mass is 372 g/mol. The number of amides is 2. The van der Waals surface area contributed by atoms with Crippen molar-refractivity contribution in [1.82, 2.24) is 24.8 Å². The molecule has 0 aromatic carbocycles. The van der Waals surface area contributed by atoms with E-state index < -0.39 is 0 Å². The molecular formula is C19H28N6O2. The van der Waals surface area contributed by atoms with Crippen molar-refractivity contribution in [3.8, 4) is 0 Å². The lowest BCUT2D eigenvalue weighted by Crippen LogP contribution is -2.47. The van der Waals surface area contributed by atoms with Gasteiger partial charge in [0.1, 0.15) is 6.33 Å². The predicted molar refractivity (Wildman–Crippen MR) is 103 cm³/mol. The second-order valence-corrected chi connectivity index (χ2v) is 7.91. The number of likely N-dealkylation sites (tertiary alicyclic amines) is 1. The van der Waals surface area contributed by atoms with Crippen LogP contribution in [-0.4, -0.2) is 62.9 Å². The van der Waals surface area contributed by atoms with Gasteiger partial charge in [-0.3, -0.25) is 4.40 Å².